The van der Waals surface area contributed by atoms with Gasteiger partial charge in [-0.1, -0.05) is 29.4 Å². The predicted octanol–water partition coefficient (Wildman–Crippen LogP) is 5.01. The van der Waals surface area contributed by atoms with E-state index in [4.69, 9.17) is 10.7 Å². The molecule has 0 spiro atoms. The average Bonchev–Trinajstić information content (AvgIpc) is 2.97. The minimum absolute atomic E-state index is 0.156. The summed E-state index contributed by atoms with van der Waals surface area (Å²) >= 11 is 1.87. The Morgan fingerprint density at radius 1 is 1.29 bits per heavy atom. The van der Waals surface area contributed by atoms with Crippen LogP contribution in [-0.4, -0.2) is 48.9 Å². The van der Waals surface area contributed by atoms with Crippen LogP contribution in [0.1, 0.15) is 30.0 Å². The Labute approximate surface area is 243 Å². The number of hydrogen-bond donors (Lipinski definition) is 2. The van der Waals surface area contributed by atoms with Crippen molar-refractivity contribution in [2.75, 3.05) is 41.7 Å². The number of carbonyl (C=O) groups is 1. The highest BCUT2D eigenvalue weighted by atomic mass is 32.2. The third-order valence-electron chi connectivity index (χ3n) is 6.22. The number of rotatable bonds is 8. The molecule has 0 aliphatic carbocycles. The van der Waals surface area contributed by atoms with E-state index < -0.39 is 11.4 Å². The Hall–Kier alpha value is -4.38. The molecule has 216 valence electrons. The molecule has 0 fully saturated rings. The number of nitrogen functional groups attached to an aromatic ring is 1. The molecule has 9 nitrogen and oxygen atoms in total. The van der Waals surface area contributed by atoms with Gasteiger partial charge in [-0.3, -0.25) is 14.7 Å². The van der Waals surface area contributed by atoms with Crippen molar-refractivity contribution in [1.82, 2.24) is 4.57 Å². The summed E-state index contributed by atoms with van der Waals surface area (Å²) < 4.78 is 15.4. The molecule has 0 saturated carbocycles. The van der Waals surface area contributed by atoms with Crippen molar-refractivity contribution in [3.05, 3.63) is 93.7 Å². The highest BCUT2D eigenvalue weighted by molar-refractivity contribution is 7.98. The zero-order valence-electron chi connectivity index (χ0n) is 23.5. The maximum absolute atomic E-state index is 14.1. The zero-order valence-corrected chi connectivity index (χ0v) is 24.3. The number of aliphatic imine (C=N–C) groups is 1. The Balaban J connectivity index is 0.000000250. The van der Waals surface area contributed by atoms with Crippen LogP contribution < -0.4 is 21.7 Å². The topological polar surface area (TPSA) is 114 Å². The highest BCUT2D eigenvalue weighted by Crippen LogP contribution is 2.22. The van der Waals surface area contributed by atoms with Crippen LogP contribution in [0.3, 0.4) is 0 Å². The molecule has 41 heavy (non-hydrogen) atoms. The minimum atomic E-state index is -0.874. The lowest BCUT2D eigenvalue weighted by atomic mass is 10.1. The maximum atomic E-state index is 14.1. The third kappa shape index (κ3) is 8.81. The van der Waals surface area contributed by atoms with Gasteiger partial charge in [-0.25, -0.2) is 4.39 Å². The fourth-order valence-electron chi connectivity index (χ4n) is 4.14. The molecule has 0 radical (unpaired) electrons. The number of halogens is 1. The van der Waals surface area contributed by atoms with E-state index in [-0.39, 0.29) is 6.54 Å². The number of nitrogens with two attached hydrogens (primary N) is 1. The van der Waals surface area contributed by atoms with Gasteiger partial charge in [0, 0.05) is 37.5 Å². The second-order valence-corrected chi connectivity index (χ2v) is 10.3. The van der Waals surface area contributed by atoms with Crippen molar-refractivity contribution in [2.24, 2.45) is 10.1 Å². The molecule has 11 heteroatoms. The van der Waals surface area contributed by atoms with Gasteiger partial charge in [0.25, 0.3) is 5.56 Å². The van der Waals surface area contributed by atoms with Gasteiger partial charge in [-0.2, -0.15) is 17.2 Å². The third-order valence-corrected chi connectivity index (χ3v) is 6.91. The van der Waals surface area contributed by atoms with Crippen LogP contribution in [0.4, 0.5) is 21.5 Å². The Bertz CT molecular complexity index is 1490. The molecule has 3 N–H and O–H groups in total. The summed E-state index contributed by atoms with van der Waals surface area (Å²) in [4.78, 5) is 33.9. The van der Waals surface area contributed by atoms with E-state index in [9.17, 15) is 14.0 Å². The quantitative estimate of drug-likeness (QED) is 0.167. The molecule has 4 rings (SSSR count). The van der Waals surface area contributed by atoms with Gasteiger partial charge < -0.3 is 20.0 Å². The van der Waals surface area contributed by atoms with Crippen LogP contribution in [-0.2, 0) is 22.7 Å². The Morgan fingerprint density at radius 2 is 2.07 bits per heavy atom. The van der Waals surface area contributed by atoms with Gasteiger partial charge in [0.2, 0.25) is 0 Å². The first kappa shape index (κ1) is 31.2. The van der Waals surface area contributed by atoms with Crippen LogP contribution in [0.15, 0.2) is 75.7 Å². The van der Waals surface area contributed by atoms with Crippen molar-refractivity contribution >= 4 is 53.2 Å². The normalized spacial score (nSPS) is 14.9. The van der Waals surface area contributed by atoms with E-state index in [2.05, 4.69) is 46.6 Å². The summed E-state index contributed by atoms with van der Waals surface area (Å²) in [7, 11) is 2.09. The Morgan fingerprint density at radius 3 is 2.80 bits per heavy atom. The van der Waals surface area contributed by atoms with E-state index >= 15 is 0 Å². The number of aromatic nitrogens is 1. The molecule has 0 amide bonds. The number of benzene rings is 2. The minimum Gasteiger partial charge on any atom is -0.397 e. The molecule has 4 bridgehead atoms. The molecular weight excluding hydrogens is 543 g/mol. The van der Waals surface area contributed by atoms with E-state index in [0.29, 0.717) is 34.8 Å². The molecule has 3 aromatic rings. The van der Waals surface area contributed by atoms with Crippen LogP contribution in [0, 0.1) is 5.82 Å². The average molecular weight is 579 g/mol. The maximum Gasteiger partial charge on any atom is 0.286 e. The van der Waals surface area contributed by atoms with Crippen molar-refractivity contribution in [2.45, 2.75) is 26.3 Å². The molecule has 2 aromatic carbocycles. The molecule has 1 aromatic heterocycles. The number of anilines is 3. The SMILES string of the molecule is C=N/C1=C\C(C)=N/ONc2cc(ccc2N)Cn2cc1cc(F)c2=O.CSCCCN(C)c1ccccc1CC=O. The van der Waals surface area contributed by atoms with Gasteiger partial charge in [0.15, 0.2) is 5.82 Å². The lowest BCUT2D eigenvalue weighted by molar-refractivity contribution is -0.107. The lowest BCUT2D eigenvalue weighted by Gasteiger charge is -2.21. The number of thioether (sulfide) groups is 1. The summed E-state index contributed by atoms with van der Waals surface area (Å²) in [5, 5.41) is 3.88. The zero-order chi connectivity index (χ0) is 29.8. The highest BCUT2D eigenvalue weighted by Gasteiger charge is 2.12. The largest absolute Gasteiger partial charge is 0.397 e. The first-order valence-electron chi connectivity index (χ1n) is 12.9. The number of oxime groups is 1. The molecule has 1 aliphatic rings. The number of pyridine rings is 1. The van der Waals surface area contributed by atoms with E-state index in [0.717, 1.165) is 30.0 Å². The van der Waals surface area contributed by atoms with E-state index in [1.165, 1.54) is 28.6 Å². The number of carbonyl (C=O) groups excluding carboxylic acids is 1. The van der Waals surface area contributed by atoms with Gasteiger partial charge >= 0.3 is 0 Å². The summed E-state index contributed by atoms with van der Waals surface area (Å²) in [6.45, 7) is 6.36. The number of para-hydroxylation sites is 1. The van der Waals surface area contributed by atoms with Crippen molar-refractivity contribution < 1.29 is 14.1 Å². The van der Waals surface area contributed by atoms with Crippen LogP contribution in [0.25, 0.3) is 5.70 Å². The monoisotopic (exact) mass is 578 g/mol. The van der Waals surface area contributed by atoms with Crippen molar-refractivity contribution in [1.29, 1.82) is 0 Å². The molecule has 2 heterocycles. The number of hydrogen-bond acceptors (Lipinski definition) is 9. The number of aldehydes is 1. The van der Waals surface area contributed by atoms with Crippen molar-refractivity contribution in [3.63, 3.8) is 0 Å². The van der Waals surface area contributed by atoms with Gasteiger partial charge in [-0.05, 0) is 73.5 Å². The predicted molar refractivity (Wildman–Crippen MR) is 168 cm³/mol. The van der Waals surface area contributed by atoms with Crippen molar-refractivity contribution in [3.8, 4) is 0 Å². The summed E-state index contributed by atoms with van der Waals surface area (Å²) in [5.74, 6) is 0.307. The number of nitrogens with one attached hydrogen (secondary N) is 1. The molecule has 0 unspecified atom stereocenters. The lowest BCUT2D eigenvalue weighted by Crippen LogP contribution is -2.23. The second kappa shape index (κ2) is 15.4. The second-order valence-electron chi connectivity index (χ2n) is 9.31. The van der Waals surface area contributed by atoms with Gasteiger partial charge in [-0.15, -0.1) is 0 Å². The van der Waals surface area contributed by atoms with Crippen LogP contribution >= 0.6 is 11.8 Å². The Kier molecular flexibility index (Phi) is 11.7. The van der Waals surface area contributed by atoms with E-state index in [1.807, 2.05) is 30.0 Å². The smallest absolute Gasteiger partial charge is 0.286 e. The molecular formula is C30H35FN6O3S. The van der Waals surface area contributed by atoms with Gasteiger partial charge in [0.05, 0.1) is 29.3 Å². The summed E-state index contributed by atoms with van der Waals surface area (Å²) in [6.07, 6.45) is 7.86. The van der Waals surface area contributed by atoms with Gasteiger partial charge in [0.1, 0.15) is 6.29 Å². The standard InChI is InChI=1S/C17H16FN5O2.C13H19NOS/c1-10-5-15(20-2)12-7-13(18)17(24)23(9-12)8-11-3-4-14(19)16(6-11)22-25-21-10;1-14(9-5-11-16-2)13-7-4-3-6-12(13)8-10-15/h3-7,9,22H,2,8,19H2,1H3;3-4,6-7,10H,5,8-9,11H2,1-2H3/b15-5-,21-10-;. The van der Waals surface area contributed by atoms with Crippen LogP contribution in [0.2, 0.25) is 0 Å². The number of fused-ring (bicyclic) bond motifs is 4. The molecule has 0 saturated heterocycles. The first-order valence-corrected chi connectivity index (χ1v) is 14.3. The molecule has 1 aliphatic heterocycles. The summed E-state index contributed by atoms with van der Waals surface area (Å²) in [5.41, 5.74) is 13.0. The number of nitrogens with zero attached hydrogens (tertiary/aromatic N) is 4. The fraction of sp³-hybridized carbons (Fsp3) is 0.267. The van der Waals surface area contributed by atoms with E-state index in [1.54, 1.807) is 31.2 Å². The first-order chi connectivity index (χ1) is 19.8. The van der Waals surface area contributed by atoms with Crippen LogP contribution in [0.5, 0.6) is 0 Å². The number of allylic oxidation sites excluding steroid dienone is 1. The fourth-order valence-corrected chi connectivity index (χ4v) is 4.56. The summed E-state index contributed by atoms with van der Waals surface area (Å²) in [6, 6.07) is 14.3. The molecule has 0 atom stereocenters.